The van der Waals surface area contributed by atoms with E-state index < -0.39 is 0 Å². The van der Waals surface area contributed by atoms with Crippen LogP contribution in [0, 0.1) is 0 Å². The Hall–Kier alpha value is -5.66. The zero-order valence-corrected chi connectivity index (χ0v) is 36.8. The number of hydrogen-bond donors (Lipinski definition) is 0. The van der Waals surface area contributed by atoms with Crippen molar-refractivity contribution < 1.29 is 0 Å². The summed E-state index contributed by atoms with van der Waals surface area (Å²) in [6.45, 7) is 26.2. The molecule has 0 amide bonds. The van der Waals surface area contributed by atoms with Crippen LogP contribution in [-0.2, 0) is 27.1 Å². The lowest BCUT2D eigenvalue weighted by molar-refractivity contribution is 0.584. The summed E-state index contributed by atoms with van der Waals surface area (Å²) in [6, 6.07) is 56.2. The van der Waals surface area contributed by atoms with E-state index in [0.29, 0.717) is 0 Å². The van der Waals surface area contributed by atoms with E-state index in [1.165, 1.54) is 101 Å². The molecule has 7 aromatic carbocycles. The second kappa shape index (κ2) is 12.4. The van der Waals surface area contributed by atoms with Gasteiger partial charge in [-0.1, -0.05) is 184 Å². The summed E-state index contributed by atoms with van der Waals surface area (Å²) in [6.07, 6.45) is 0. The van der Waals surface area contributed by atoms with Gasteiger partial charge in [-0.25, -0.2) is 0 Å². The highest BCUT2D eigenvalue weighted by molar-refractivity contribution is 5.98. The molecule has 59 heavy (non-hydrogen) atoms. The standard InChI is InChI=1S/C58H57N/c1-54(2,3)37-25-28-45-50(31-37)58(11,36-19-13-12-14-20-36)51-32-38(55(4,5)6)33-52(53(45)51)59(39-26-29-43-41-21-15-17-23-46(41)56(7,8)48(43)34-39)40-27-30-44-42-22-16-18-24-47(42)57(9,10)49(44)35-40/h12-35H,1-11H3. The third-order valence-electron chi connectivity index (χ3n) is 14.5. The van der Waals surface area contributed by atoms with Crippen LogP contribution in [0.5, 0.6) is 0 Å². The molecule has 0 bridgehead atoms. The van der Waals surface area contributed by atoms with Crippen molar-refractivity contribution in [3.8, 4) is 33.4 Å². The predicted octanol–water partition coefficient (Wildman–Crippen LogP) is 15.7. The third kappa shape index (κ3) is 5.36. The van der Waals surface area contributed by atoms with Gasteiger partial charge in [0.05, 0.1) is 5.69 Å². The lowest BCUT2D eigenvalue weighted by Gasteiger charge is -2.34. The summed E-state index contributed by atoms with van der Waals surface area (Å²) in [5.41, 5.74) is 23.2. The van der Waals surface area contributed by atoms with Crippen molar-refractivity contribution >= 4 is 17.1 Å². The Balaban J connectivity index is 1.31. The Kier molecular flexibility index (Phi) is 7.92. The monoisotopic (exact) mass is 767 g/mol. The smallest absolute Gasteiger partial charge is 0.0546 e. The van der Waals surface area contributed by atoms with Crippen molar-refractivity contribution in [3.63, 3.8) is 0 Å². The third-order valence-corrected chi connectivity index (χ3v) is 14.5. The summed E-state index contributed by atoms with van der Waals surface area (Å²) >= 11 is 0. The van der Waals surface area contributed by atoms with Gasteiger partial charge in [0.2, 0.25) is 0 Å². The number of anilines is 3. The van der Waals surface area contributed by atoms with Crippen LogP contribution >= 0.6 is 0 Å². The summed E-state index contributed by atoms with van der Waals surface area (Å²) in [7, 11) is 0. The Morgan fingerprint density at radius 2 is 0.831 bits per heavy atom. The van der Waals surface area contributed by atoms with E-state index in [-0.39, 0.29) is 27.1 Å². The summed E-state index contributed by atoms with van der Waals surface area (Å²) in [5.74, 6) is 0. The topological polar surface area (TPSA) is 3.24 Å². The molecule has 3 aliphatic carbocycles. The van der Waals surface area contributed by atoms with Crippen LogP contribution in [-0.4, -0.2) is 0 Å². The Morgan fingerprint density at radius 1 is 0.373 bits per heavy atom. The van der Waals surface area contributed by atoms with Crippen molar-refractivity contribution in [3.05, 3.63) is 196 Å². The van der Waals surface area contributed by atoms with Gasteiger partial charge in [0, 0.05) is 33.2 Å². The first-order valence-electron chi connectivity index (χ1n) is 21.6. The lowest BCUT2D eigenvalue weighted by atomic mass is 9.72. The maximum absolute atomic E-state index is 2.62. The van der Waals surface area contributed by atoms with Gasteiger partial charge in [-0.3, -0.25) is 0 Å². The first-order chi connectivity index (χ1) is 27.9. The Bertz CT molecular complexity index is 2750. The minimum absolute atomic E-state index is 0.0103. The van der Waals surface area contributed by atoms with E-state index in [1.54, 1.807) is 0 Å². The molecule has 1 unspecified atom stereocenters. The van der Waals surface area contributed by atoms with Gasteiger partial charge in [0.15, 0.2) is 0 Å². The molecule has 0 spiro atoms. The summed E-state index contributed by atoms with van der Waals surface area (Å²) in [4.78, 5) is 2.62. The molecule has 3 aliphatic rings. The maximum Gasteiger partial charge on any atom is 0.0546 e. The SMILES string of the molecule is CC(C)(C)c1ccc2c(c1)C(C)(c1ccccc1)c1cc(C(C)(C)C)cc(N(c3ccc4c(c3)C(C)(C)c3ccccc3-4)c3ccc4c(c3)C(C)(C)c3ccccc3-4)c1-2. The molecular formula is C58H57N. The van der Waals surface area contributed by atoms with Gasteiger partial charge in [-0.15, -0.1) is 0 Å². The van der Waals surface area contributed by atoms with Gasteiger partial charge in [-0.2, -0.15) is 0 Å². The molecule has 0 aliphatic heterocycles. The lowest BCUT2D eigenvalue weighted by Crippen LogP contribution is -2.25. The molecule has 10 rings (SSSR count). The van der Waals surface area contributed by atoms with Crippen LogP contribution in [0.15, 0.2) is 146 Å². The van der Waals surface area contributed by atoms with Crippen LogP contribution in [0.4, 0.5) is 17.1 Å². The normalized spacial score (nSPS) is 17.7. The van der Waals surface area contributed by atoms with E-state index in [2.05, 4.69) is 227 Å². The molecular weight excluding hydrogens is 711 g/mol. The van der Waals surface area contributed by atoms with Crippen LogP contribution in [0.3, 0.4) is 0 Å². The molecule has 0 aromatic heterocycles. The largest absolute Gasteiger partial charge is 0.310 e. The Labute approximate surface area is 352 Å². The average Bonchev–Trinajstić information content (AvgIpc) is 3.71. The number of rotatable bonds is 4. The van der Waals surface area contributed by atoms with Crippen molar-refractivity contribution in [2.45, 2.75) is 103 Å². The highest BCUT2D eigenvalue weighted by atomic mass is 15.1. The Morgan fingerprint density at radius 3 is 1.36 bits per heavy atom. The van der Waals surface area contributed by atoms with Gasteiger partial charge < -0.3 is 4.90 Å². The zero-order valence-electron chi connectivity index (χ0n) is 36.8. The molecule has 0 radical (unpaired) electrons. The molecule has 0 saturated heterocycles. The fraction of sp³-hybridized carbons (Fsp3) is 0.276. The molecule has 0 saturated carbocycles. The quantitative estimate of drug-likeness (QED) is 0.172. The van der Waals surface area contributed by atoms with E-state index in [1.807, 2.05) is 0 Å². The van der Waals surface area contributed by atoms with E-state index in [9.17, 15) is 0 Å². The number of benzene rings is 7. The van der Waals surface area contributed by atoms with Crippen molar-refractivity contribution in [1.82, 2.24) is 0 Å². The number of hydrogen-bond acceptors (Lipinski definition) is 1. The first kappa shape index (κ1) is 37.6. The highest BCUT2D eigenvalue weighted by Crippen LogP contribution is 2.60. The zero-order chi connectivity index (χ0) is 41.4. The van der Waals surface area contributed by atoms with Gasteiger partial charge in [-0.05, 0) is 126 Å². The number of fused-ring (bicyclic) bond motifs is 9. The van der Waals surface area contributed by atoms with E-state index >= 15 is 0 Å². The molecule has 0 N–H and O–H groups in total. The average molecular weight is 768 g/mol. The molecule has 7 aromatic rings. The van der Waals surface area contributed by atoms with Gasteiger partial charge in [0.1, 0.15) is 0 Å². The van der Waals surface area contributed by atoms with Crippen LogP contribution in [0.2, 0.25) is 0 Å². The second-order valence-corrected chi connectivity index (χ2v) is 20.8. The minimum atomic E-state index is -0.363. The van der Waals surface area contributed by atoms with Gasteiger partial charge in [0.25, 0.3) is 0 Å². The van der Waals surface area contributed by atoms with Crippen molar-refractivity contribution in [1.29, 1.82) is 0 Å². The highest BCUT2D eigenvalue weighted by Gasteiger charge is 2.45. The molecule has 1 heteroatoms. The van der Waals surface area contributed by atoms with E-state index in [4.69, 9.17) is 0 Å². The molecule has 0 heterocycles. The van der Waals surface area contributed by atoms with Crippen molar-refractivity contribution in [2.75, 3.05) is 4.90 Å². The van der Waals surface area contributed by atoms with Crippen molar-refractivity contribution in [2.24, 2.45) is 0 Å². The molecule has 294 valence electrons. The molecule has 1 nitrogen and oxygen atoms in total. The second-order valence-electron chi connectivity index (χ2n) is 20.8. The predicted molar refractivity (Wildman–Crippen MR) is 251 cm³/mol. The molecule has 1 atom stereocenters. The maximum atomic E-state index is 2.62. The summed E-state index contributed by atoms with van der Waals surface area (Å²) in [5, 5.41) is 0. The van der Waals surface area contributed by atoms with Crippen LogP contribution in [0.1, 0.15) is 126 Å². The minimum Gasteiger partial charge on any atom is -0.310 e. The van der Waals surface area contributed by atoms with Crippen LogP contribution < -0.4 is 4.90 Å². The first-order valence-corrected chi connectivity index (χ1v) is 21.6. The number of nitrogens with zero attached hydrogens (tertiary/aromatic N) is 1. The van der Waals surface area contributed by atoms with Crippen LogP contribution in [0.25, 0.3) is 33.4 Å². The fourth-order valence-electron chi connectivity index (χ4n) is 10.9. The fourth-order valence-corrected chi connectivity index (χ4v) is 10.9. The van der Waals surface area contributed by atoms with E-state index in [0.717, 1.165) is 0 Å². The molecule has 0 fully saturated rings. The summed E-state index contributed by atoms with van der Waals surface area (Å²) < 4.78 is 0. The van der Waals surface area contributed by atoms with Gasteiger partial charge >= 0.3 is 0 Å².